The van der Waals surface area contributed by atoms with Gasteiger partial charge in [0.25, 0.3) is 5.91 Å². The van der Waals surface area contributed by atoms with Crippen LogP contribution in [0.2, 0.25) is 0 Å². The summed E-state index contributed by atoms with van der Waals surface area (Å²) in [7, 11) is 0. The fourth-order valence-corrected chi connectivity index (χ4v) is 1.77. The number of phenolic OH excluding ortho intramolecular Hbond substituents is 1. The maximum absolute atomic E-state index is 11.7. The van der Waals surface area contributed by atoms with Crippen molar-refractivity contribution in [1.82, 2.24) is 0 Å². The van der Waals surface area contributed by atoms with Crippen molar-refractivity contribution in [2.75, 3.05) is 11.9 Å². The summed E-state index contributed by atoms with van der Waals surface area (Å²) in [6.07, 6.45) is 0.991. The summed E-state index contributed by atoms with van der Waals surface area (Å²) in [5, 5.41) is 20.9. The van der Waals surface area contributed by atoms with E-state index in [1.165, 1.54) is 12.1 Å². The molecule has 0 aliphatic carbocycles. The Morgan fingerprint density at radius 3 is 2.72 bits per heavy atom. The summed E-state index contributed by atoms with van der Waals surface area (Å²) < 4.78 is 5.20. The van der Waals surface area contributed by atoms with Gasteiger partial charge in [-0.1, -0.05) is 0 Å². The number of anilines is 1. The molecule has 0 aromatic heterocycles. The Balaban J connectivity index is 2.09. The highest BCUT2D eigenvalue weighted by atomic mass is 16.5. The number of carboxylic acids is 1. The van der Waals surface area contributed by atoms with Gasteiger partial charge in [0.05, 0.1) is 11.3 Å². The minimum absolute atomic E-state index is 0.0392. The molecule has 1 saturated heterocycles. The zero-order chi connectivity index (χ0) is 13.1. The van der Waals surface area contributed by atoms with Crippen molar-refractivity contribution in [3.63, 3.8) is 0 Å². The maximum Gasteiger partial charge on any atom is 0.335 e. The molecular formula is C12H13NO5. The molecule has 0 saturated carbocycles. The molecule has 1 heterocycles. The van der Waals surface area contributed by atoms with Crippen LogP contribution in [-0.4, -0.2) is 34.8 Å². The van der Waals surface area contributed by atoms with Gasteiger partial charge in [0.2, 0.25) is 0 Å². The first-order valence-corrected chi connectivity index (χ1v) is 5.56. The molecule has 0 bridgehead atoms. The van der Waals surface area contributed by atoms with Crippen LogP contribution in [0.4, 0.5) is 5.69 Å². The molecular weight excluding hydrogens is 238 g/mol. The third-order valence-corrected chi connectivity index (χ3v) is 2.72. The number of nitrogens with one attached hydrogen (secondary N) is 1. The number of ether oxygens (including phenoxy) is 1. The third-order valence-electron chi connectivity index (χ3n) is 2.72. The van der Waals surface area contributed by atoms with E-state index in [2.05, 4.69) is 5.32 Å². The summed E-state index contributed by atoms with van der Waals surface area (Å²) >= 11 is 0. The second-order valence-electron chi connectivity index (χ2n) is 4.03. The predicted octanol–water partition coefficient (Wildman–Crippen LogP) is 1.21. The lowest BCUT2D eigenvalue weighted by atomic mass is 10.1. The van der Waals surface area contributed by atoms with Crippen LogP contribution in [0.3, 0.4) is 0 Å². The lowest BCUT2D eigenvalue weighted by molar-refractivity contribution is -0.124. The minimum atomic E-state index is -1.14. The summed E-state index contributed by atoms with van der Waals surface area (Å²) in [4.78, 5) is 22.4. The Morgan fingerprint density at radius 1 is 1.39 bits per heavy atom. The number of rotatable bonds is 3. The van der Waals surface area contributed by atoms with Gasteiger partial charge in [-0.25, -0.2) is 4.79 Å². The average Bonchev–Trinajstić information content (AvgIpc) is 2.85. The predicted molar refractivity (Wildman–Crippen MR) is 62.7 cm³/mol. The van der Waals surface area contributed by atoms with Crippen LogP contribution in [-0.2, 0) is 9.53 Å². The number of carbonyl (C=O) groups excluding carboxylic acids is 1. The van der Waals surface area contributed by atoms with Crippen molar-refractivity contribution in [2.24, 2.45) is 0 Å². The molecule has 6 nitrogen and oxygen atoms in total. The van der Waals surface area contributed by atoms with Crippen LogP contribution in [0.1, 0.15) is 23.2 Å². The lowest BCUT2D eigenvalue weighted by Gasteiger charge is -2.11. The van der Waals surface area contributed by atoms with Crippen LogP contribution >= 0.6 is 0 Å². The Labute approximate surface area is 103 Å². The first kappa shape index (κ1) is 12.4. The van der Waals surface area contributed by atoms with Crippen molar-refractivity contribution in [3.8, 4) is 5.75 Å². The zero-order valence-electron chi connectivity index (χ0n) is 9.55. The van der Waals surface area contributed by atoms with Crippen LogP contribution in [0.25, 0.3) is 0 Å². The van der Waals surface area contributed by atoms with Gasteiger partial charge >= 0.3 is 5.97 Å². The molecule has 2 rings (SSSR count). The van der Waals surface area contributed by atoms with Crippen molar-refractivity contribution in [1.29, 1.82) is 0 Å². The van der Waals surface area contributed by atoms with Crippen molar-refractivity contribution in [3.05, 3.63) is 23.8 Å². The van der Waals surface area contributed by atoms with Crippen LogP contribution in [0.15, 0.2) is 18.2 Å². The standard InChI is InChI=1S/C12H13NO5/c14-9-6-7(12(16)17)3-4-8(9)13-11(15)10-2-1-5-18-10/h3-4,6,10,14H,1-2,5H2,(H,13,15)(H,16,17). The molecule has 1 aromatic carbocycles. The highest BCUT2D eigenvalue weighted by molar-refractivity contribution is 5.96. The molecule has 6 heteroatoms. The van der Waals surface area contributed by atoms with E-state index >= 15 is 0 Å². The van der Waals surface area contributed by atoms with Crippen molar-refractivity contribution >= 4 is 17.6 Å². The number of aromatic hydroxyl groups is 1. The summed E-state index contributed by atoms with van der Waals surface area (Å²) in [5.41, 5.74) is 0.142. The van der Waals surface area contributed by atoms with E-state index in [1.807, 2.05) is 0 Å². The van der Waals surface area contributed by atoms with Gasteiger partial charge in [0.15, 0.2) is 0 Å². The summed E-state index contributed by atoms with van der Waals surface area (Å²) in [6, 6.07) is 3.76. The van der Waals surface area contributed by atoms with Crippen LogP contribution in [0, 0.1) is 0 Å². The first-order valence-electron chi connectivity index (χ1n) is 5.56. The van der Waals surface area contributed by atoms with Gasteiger partial charge in [0.1, 0.15) is 11.9 Å². The Kier molecular flexibility index (Phi) is 3.47. The molecule has 1 aromatic rings. The number of benzene rings is 1. The molecule has 0 radical (unpaired) electrons. The highest BCUT2D eigenvalue weighted by Gasteiger charge is 2.24. The monoisotopic (exact) mass is 251 g/mol. The van der Waals surface area contributed by atoms with Gasteiger partial charge in [-0.15, -0.1) is 0 Å². The SMILES string of the molecule is O=C(O)c1ccc(NC(=O)C2CCCO2)c(O)c1. The van der Waals surface area contributed by atoms with Gasteiger partial charge < -0.3 is 20.3 Å². The third kappa shape index (κ3) is 2.60. The molecule has 96 valence electrons. The summed E-state index contributed by atoms with van der Waals surface area (Å²) in [5.74, 6) is -1.74. The smallest absolute Gasteiger partial charge is 0.335 e. The quantitative estimate of drug-likeness (QED) is 0.702. The molecule has 1 amide bonds. The molecule has 1 aliphatic heterocycles. The largest absolute Gasteiger partial charge is 0.506 e. The molecule has 1 fully saturated rings. The number of aromatic carboxylic acids is 1. The number of amides is 1. The van der Waals surface area contributed by atoms with E-state index in [1.54, 1.807) is 0 Å². The summed E-state index contributed by atoms with van der Waals surface area (Å²) in [6.45, 7) is 0.558. The number of hydrogen-bond acceptors (Lipinski definition) is 4. The molecule has 0 spiro atoms. The Hall–Kier alpha value is -2.08. The van der Waals surface area contributed by atoms with E-state index in [0.29, 0.717) is 13.0 Å². The topological polar surface area (TPSA) is 95.9 Å². The fourth-order valence-electron chi connectivity index (χ4n) is 1.77. The molecule has 1 unspecified atom stereocenters. The molecule has 3 N–H and O–H groups in total. The fraction of sp³-hybridized carbons (Fsp3) is 0.333. The number of carboxylic acid groups (broad SMARTS) is 1. The van der Waals surface area contributed by atoms with E-state index < -0.39 is 12.1 Å². The maximum atomic E-state index is 11.7. The molecule has 1 aliphatic rings. The van der Waals surface area contributed by atoms with E-state index in [9.17, 15) is 14.7 Å². The average molecular weight is 251 g/mol. The van der Waals surface area contributed by atoms with E-state index in [4.69, 9.17) is 9.84 Å². The lowest BCUT2D eigenvalue weighted by Crippen LogP contribution is -2.26. The van der Waals surface area contributed by atoms with Gasteiger partial charge in [-0.2, -0.15) is 0 Å². The minimum Gasteiger partial charge on any atom is -0.506 e. The second kappa shape index (κ2) is 5.05. The number of hydrogen-bond donors (Lipinski definition) is 3. The van der Waals surface area contributed by atoms with Gasteiger partial charge in [0, 0.05) is 6.61 Å². The van der Waals surface area contributed by atoms with Crippen molar-refractivity contribution in [2.45, 2.75) is 18.9 Å². The van der Waals surface area contributed by atoms with Gasteiger partial charge in [-0.05, 0) is 31.0 Å². The van der Waals surface area contributed by atoms with Gasteiger partial charge in [-0.3, -0.25) is 4.79 Å². The van der Waals surface area contributed by atoms with Crippen molar-refractivity contribution < 1.29 is 24.5 Å². The van der Waals surface area contributed by atoms with Crippen LogP contribution in [0.5, 0.6) is 5.75 Å². The molecule has 18 heavy (non-hydrogen) atoms. The Morgan fingerprint density at radius 2 is 2.17 bits per heavy atom. The molecule has 1 atom stereocenters. The van der Waals surface area contributed by atoms with E-state index in [-0.39, 0.29) is 22.9 Å². The Bertz CT molecular complexity index is 479. The van der Waals surface area contributed by atoms with E-state index in [0.717, 1.165) is 12.5 Å². The zero-order valence-corrected chi connectivity index (χ0v) is 9.55. The van der Waals surface area contributed by atoms with Crippen LogP contribution < -0.4 is 5.32 Å². The normalized spacial score (nSPS) is 18.6. The number of phenols is 1. The second-order valence-corrected chi connectivity index (χ2v) is 4.03. The highest BCUT2D eigenvalue weighted by Crippen LogP contribution is 2.25. The first-order chi connectivity index (χ1) is 8.58. The number of carbonyl (C=O) groups is 2.